The number of aliphatic hydroxyl groups excluding tert-OH is 4. The first-order valence-corrected chi connectivity index (χ1v) is 21.4. The normalized spacial score (nSPS) is 37.7. The smallest absolute Gasteiger partial charge is 0.331 e. The molecule has 0 aromatic carbocycles. The van der Waals surface area contributed by atoms with E-state index in [0.717, 1.165) is 5.57 Å². The van der Waals surface area contributed by atoms with Crippen molar-refractivity contribution in [1.29, 1.82) is 0 Å². The number of allylic oxidation sites excluding steroid dienone is 12. The summed E-state index contributed by atoms with van der Waals surface area (Å²) >= 11 is 0. The van der Waals surface area contributed by atoms with E-state index in [1.807, 2.05) is 76.3 Å². The number of fused-ring (bicyclic) bond motifs is 2. The van der Waals surface area contributed by atoms with Crippen LogP contribution in [-0.2, 0) is 33.2 Å². The lowest BCUT2D eigenvalue weighted by molar-refractivity contribution is -0.310. The first-order valence-electron chi connectivity index (χ1n) is 21.4. The Bertz CT molecular complexity index is 1750. The van der Waals surface area contributed by atoms with Crippen LogP contribution in [0, 0.1) is 17.8 Å². The highest BCUT2D eigenvalue weighted by Gasteiger charge is 2.46. The van der Waals surface area contributed by atoms with Crippen LogP contribution in [0.4, 0.5) is 0 Å². The average Bonchev–Trinajstić information content (AvgIpc) is 3.71. The molecule has 0 aliphatic carbocycles. The number of carbonyl (C=O) groups is 1. The van der Waals surface area contributed by atoms with Crippen LogP contribution >= 0.6 is 0 Å². The summed E-state index contributed by atoms with van der Waals surface area (Å²) < 4.78 is 41.4. The fourth-order valence-corrected chi connectivity index (χ4v) is 7.36. The molecule has 2 aliphatic rings. The van der Waals surface area contributed by atoms with Gasteiger partial charge in [-0.15, -0.1) is 0 Å². The fourth-order valence-electron chi connectivity index (χ4n) is 7.36. The van der Waals surface area contributed by atoms with Gasteiger partial charge in [-0.1, -0.05) is 124 Å². The number of hydrogen-bond acceptors (Lipinski definition) is 13. The molecule has 2 bridgehead atoms. The van der Waals surface area contributed by atoms with Gasteiger partial charge in [0.25, 0.3) is 0 Å². The number of methoxy groups -OCH3 is 3. The standard InChI is InChI=1S/C49H71NO12/c1-31-21-15-11-14-18-26-43(54)62-45(35(5)40(53)28-34(4)51)32(2)22-16-12-13-17-24-39(52)29-42(56-8)36(6)48-50-38(30-59-48)23-19-20-25-41(33(3)27-31)61-49-47(58-10)46(57-9)44(55)37(7)60-49/h11-27,30,32-37,39-42,44-47,49,51-53,55H,28-29H2,1-10H3/b13-12-,14-11-,21-15-,22-16-,23-19-,24-17-,25-20-,26-18-,31-27-/t32-,33+,34+,35-,36+,37+,39-,40-,41-,42+,44+,45-,46-,47+,49-/m0/s1. The summed E-state index contributed by atoms with van der Waals surface area (Å²) in [7, 11) is 4.63. The van der Waals surface area contributed by atoms with Crippen molar-refractivity contribution in [1.82, 2.24) is 4.98 Å². The van der Waals surface area contributed by atoms with Gasteiger partial charge in [-0.25, -0.2) is 9.78 Å². The molecular formula is C49H71NO12. The molecule has 13 nitrogen and oxygen atoms in total. The van der Waals surface area contributed by atoms with Crippen molar-refractivity contribution < 1.29 is 58.1 Å². The largest absolute Gasteiger partial charge is 0.458 e. The van der Waals surface area contributed by atoms with Crippen molar-refractivity contribution in [2.45, 2.75) is 135 Å². The Morgan fingerprint density at radius 1 is 0.790 bits per heavy atom. The fraction of sp³-hybridized carbons (Fsp3) is 0.551. The van der Waals surface area contributed by atoms with Gasteiger partial charge in [0, 0.05) is 51.6 Å². The second-order valence-corrected chi connectivity index (χ2v) is 16.2. The van der Waals surface area contributed by atoms with E-state index in [1.165, 1.54) is 20.3 Å². The monoisotopic (exact) mass is 865 g/mol. The third-order valence-electron chi connectivity index (χ3n) is 11.1. The number of carbonyl (C=O) groups excluding carboxylic acids is 1. The molecule has 62 heavy (non-hydrogen) atoms. The molecule has 0 spiro atoms. The highest BCUT2D eigenvalue weighted by Crippen LogP contribution is 2.30. The Labute approximate surface area is 368 Å². The molecule has 2 aliphatic heterocycles. The molecule has 1 aromatic rings. The number of aliphatic hydroxyl groups is 4. The molecule has 13 heteroatoms. The Morgan fingerprint density at radius 2 is 1.42 bits per heavy atom. The van der Waals surface area contributed by atoms with E-state index >= 15 is 0 Å². The highest BCUT2D eigenvalue weighted by atomic mass is 16.7. The molecule has 344 valence electrons. The molecular weight excluding hydrogens is 795 g/mol. The average molecular weight is 866 g/mol. The van der Waals surface area contributed by atoms with Crippen molar-refractivity contribution in [3.63, 3.8) is 0 Å². The van der Waals surface area contributed by atoms with Crippen molar-refractivity contribution in [3.8, 4) is 0 Å². The summed E-state index contributed by atoms with van der Waals surface area (Å²) in [4.78, 5) is 17.7. The Hall–Kier alpha value is -4.02. The maximum absolute atomic E-state index is 13.0. The van der Waals surface area contributed by atoms with Gasteiger partial charge in [-0.3, -0.25) is 0 Å². The molecule has 0 unspecified atom stereocenters. The molecule has 1 saturated heterocycles. The van der Waals surface area contributed by atoms with E-state index in [1.54, 1.807) is 76.7 Å². The minimum atomic E-state index is -0.903. The quantitative estimate of drug-likeness (QED) is 0.189. The summed E-state index contributed by atoms with van der Waals surface area (Å²) in [5, 5.41) is 42.3. The molecule has 0 radical (unpaired) electrons. The number of cyclic esters (lactones) is 1. The van der Waals surface area contributed by atoms with Crippen LogP contribution in [-0.4, -0.2) is 120 Å². The third kappa shape index (κ3) is 16.9. The van der Waals surface area contributed by atoms with Crippen LogP contribution < -0.4 is 0 Å². The van der Waals surface area contributed by atoms with E-state index in [9.17, 15) is 25.2 Å². The Balaban J connectivity index is 1.96. The molecule has 1 aromatic heterocycles. The number of esters is 1. The molecule has 3 rings (SSSR count). The van der Waals surface area contributed by atoms with Gasteiger partial charge >= 0.3 is 5.97 Å². The maximum atomic E-state index is 13.0. The van der Waals surface area contributed by atoms with Gasteiger partial charge in [0.15, 0.2) is 12.2 Å². The topological polar surface area (TPSA) is 179 Å². The van der Waals surface area contributed by atoms with Gasteiger partial charge < -0.3 is 53.3 Å². The number of rotatable bonds is 9. The molecule has 3 heterocycles. The molecule has 15 atom stereocenters. The van der Waals surface area contributed by atoms with Crippen molar-refractivity contribution in [3.05, 3.63) is 121 Å². The van der Waals surface area contributed by atoms with Crippen LogP contribution in [0.5, 0.6) is 0 Å². The zero-order chi connectivity index (χ0) is 45.8. The Morgan fingerprint density at radius 3 is 2.08 bits per heavy atom. The summed E-state index contributed by atoms with van der Waals surface area (Å²) in [6, 6.07) is 0. The zero-order valence-electron chi connectivity index (χ0n) is 38.0. The van der Waals surface area contributed by atoms with Gasteiger partial charge in [0.1, 0.15) is 36.4 Å². The SMILES string of the molecule is CO[C@H]1[C@H](O[C@H]2/C=C\C=C/c3coc(n3)[C@H](C)[C@H](OC)C[C@@H](O)\C=C/C=C\C=C/[C@H](C)[C@@H]([C@@H](C)[C@@H](O)C[C@@H](C)O)OC(=O)\C=C/C=C\C=C/C(C)=C\[C@H]2C)O[C@H](C)[C@@H](O)[C@@H]1OC. The van der Waals surface area contributed by atoms with Crippen LogP contribution in [0.3, 0.4) is 0 Å². The lowest BCUT2D eigenvalue weighted by atomic mass is 9.86. The van der Waals surface area contributed by atoms with Gasteiger partial charge in [-0.2, -0.15) is 0 Å². The van der Waals surface area contributed by atoms with Gasteiger partial charge in [0.2, 0.25) is 0 Å². The number of aromatic nitrogens is 1. The second kappa shape index (κ2) is 27.2. The molecule has 4 N–H and O–H groups in total. The minimum absolute atomic E-state index is 0.141. The third-order valence-corrected chi connectivity index (χ3v) is 11.1. The first-order chi connectivity index (χ1) is 29.6. The maximum Gasteiger partial charge on any atom is 0.331 e. The van der Waals surface area contributed by atoms with E-state index < -0.39 is 73.1 Å². The van der Waals surface area contributed by atoms with Crippen molar-refractivity contribution in [2.75, 3.05) is 21.3 Å². The highest BCUT2D eigenvalue weighted by molar-refractivity contribution is 5.82. The first kappa shape index (κ1) is 52.3. The van der Waals surface area contributed by atoms with E-state index in [-0.39, 0.29) is 30.3 Å². The Kier molecular flexibility index (Phi) is 23.0. The predicted molar refractivity (Wildman–Crippen MR) is 240 cm³/mol. The van der Waals surface area contributed by atoms with Gasteiger partial charge in [0.05, 0.1) is 42.5 Å². The summed E-state index contributed by atoms with van der Waals surface area (Å²) in [5.41, 5.74) is 1.56. The lowest BCUT2D eigenvalue weighted by Gasteiger charge is -2.43. The molecule has 0 saturated carbocycles. The lowest BCUT2D eigenvalue weighted by Crippen LogP contribution is -2.59. The van der Waals surface area contributed by atoms with Crippen LogP contribution in [0.15, 0.2) is 113 Å². The minimum Gasteiger partial charge on any atom is -0.458 e. The summed E-state index contributed by atoms with van der Waals surface area (Å²) in [6.07, 6.45) is 24.8. The van der Waals surface area contributed by atoms with E-state index in [0.29, 0.717) is 18.0 Å². The van der Waals surface area contributed by atoms with Crippen LogP contribution in [0.1, 0.15) is 78.8 Å². The number of oxazole rings is 1. The predicted octanol–water partition coefficient (Wildman–Crippen LogP) is 6.88. The summed E-state index contributed by atoms with van der Waals surface area (Å²) in [5.74, 6) is -1.26. The van der Waals surface area contributed by atoms with E-state index in [2.05, 4.69) is 11.1 Å². The van der Waals surface area contributed by atoms with Gasteiger partial charge in [-0.05, 0) is 33.3 Å². The molecule has 0 amide bonds. The van der Waals surface area contributed by atoms with Crippen molar-refractivity contribution in [2.24, 2.45) is 17.8 Å². The van der Waals surface area contributed by atoms with Crippen LogP contribution in [0.25, 0.3) is 6.08 Å². The second-order valence-electron chi connectivity index (χ2n) is 16.2. The van der Waals surface area contributed by atoms with Crippen LogP contribution in [0.2, 0.25) is 0 Å². The zero-order valence-corrected chi connectivity index (χ0v) is 38.0. The number of ether oxygens (including phenoxy) is 6. The number of hydrogen-bond donors (Lipinski definition) is 4. The number of nitrogens with zero attached hydrogens (tertiary/aromatic N) is 1. The molecule has 1 fully saturated rings. The van der Waals surface area contributed by atoms with Crippen molar-refractivity contribution >= 4 is 12.0 Å². The van der Waals surface area contributed by atoms with E-state index in [4.69, 9.17) is 32.8 Å². The summed E-state index contributed by atoms with van der Waals surface area (Å²) in [6.45, 7) is 13.0.